The molecule has 0 bridgehead atoms. The zero-order valence-electron chi connectivity index (χ0n) is 19.2. The van der Waals surface area contributed by atoms with Crippen molar-refractivity contribution < 1.29 is 9.90 Å². The van der Waals surface area contributed by atoms with Gasteiger partial charge in [0.15, 0.2) is 0 Å². The van der Waals surface area contributed by atoms with Crippen molar-refractivity contribution in [1.82, 2.24) is 19.8 Å². The summed E-state index contributed by atoms with van der Waals surface area (Å²) in [6.07, 6.45) is 0. The van der Waals surface area contributed by atoms with Crippen LogP contribution in [0.4, 0.5) is 5.82 Å². The number of nitrogens with zero attached hydrogens (tertiary/aromatic N) is 4. The van der Waals surface area contributed by atoms with Crippen LogP contribution in [0.15, 0.2) is 48.5 Å². The topological polar surface area (TPSA) is 108 Å². The molecule has 4 N–H and O–H groups in total. The average Bonchev–Trinajstić information content (AvgIpc) is 2.79. The van der Waals surface area contributed by atoms with Crippen molar-refractivity contribution in [1.29, 1.82) is 0 Å². The predicted octanol–water partition coefficient (Wildman–Crippen LogP) is 2.57. The molecule has 33 heavy (non-hydrogen) atoms. The van der Waals surface area contributed by atoms with E-state index in [0.29, 0.717) is 18.1 Å². The highest BCUT2D eigenvalue weighted by Crippen LogP contribution is 2.23. The smallest absolute Gasteiger partial charge is 0.240 e. The minimum atomic E-state index is -0.505. The summed E-state index contributed by atoms with van der Waals surface area (Å²) < 4.78 is 0. The van der Waals surface area contributed by atoms with Crippen LogP contribution < -0.4 is 11.1 Å². The Labute approximate surface area is 194 Å². The van der Waals surface area contributed by atoms with E-state index in [1.165, 1.54) is 0 Å². The van der Waals surface area contributed by atoms with E-state index in [4.69, 9.17) is 15.7 Å². The van der Waals surface area contributed by atoms with Gasteiger partial charge in [0.05, 0.1) is 12.1 Å². The van der Waals surface area contributed by atoms with Crippen molar-refractivity contribution in [2.24, 2.45) is 11.7 Å². The Hall–Kier alpha value is -3.23. The van der Waals surface area contributed by atoms with Crippen molar-refractivity contribution in [3.05, 3.63) is 59.9 Å². The number of para-hydroxylation sites is 2. The zero-order valence-corrected chi connectivity index (χ0v) is 19.2. The van der Waals surface area contributed by atoms with E-state index in [0.717, 1.165) is 55.0 Å². The monoisotopic (exact) mass is 448 g/mol. The summed E-state index contributed by atoms with van der Waals surface area (Å²) in [5, 5.41) is 14.2. The highest BCUT2D eigenvalue weighted by atomic mass is 16.3. The normalized spacial score (nSPS) is 16.2. The Kier molecular flexibility index (Phi) is 7.05. The molecule has 1 saturated heterocycles. The quantitative estimate of drug-likeness (QED) is 0.486. The summed E-state index contributed by atoms with van der Waals surface area (Å²) in [4.78, 5) is 26.2. The summed E-state index contributed by atoms with van der Waals surface area (Å²) in [5.41, 5.74) is 7.42. The maximum atomic E-state index is 12.0. The molecule has 1 atom stereocenters. The third kappa shape index (κ3) is 5.58. The molecule has 4 rings (SSSR count). The van der Waals surface area contributed by atoms with Crippen molar-refractivity contribution in [3.8, 4) is 5.75 Å². The lowest BCUT2D eigenvalue weighted by Gasteiger charge is -2.34. The lowest BCUT2D eigenvalue weighted by molar-refractivity contribution is -0.119. The number of anilines is 1. The van der Waals surface area contributed by atoms with Gasteiger partial charge in [0.1, 0.15) is 23.4 Å². The van der Waals surface area contributed by atoms with Gasteiger partial charge in [-0.2, -0.15) is 0 Å². The number of nitrogens with one attached hydrogen (secondary N) is 1. The Morgan fingerprint density at radius 1 is 1.00 bits per heavy atom. The minimum absolute atomic E-state index is 0.0387. The SMILES string of the molecule is CC(C)[C@H](Nc1nc(CN2CCN(Cc3ccccc3O)CC2)nc2ccccc12)C(N)=O. The number of aromatic hydroxyl groups is 1. The molecule has 1 aliphatic heterocycles. The van der Waals surface area contributed by atoms with Gasteiger partial charge in [-0.05, 0) is 24.1 Å². The summed E-state index contributed by atoms with van der Waals surface area (Å²) >= 11 is 0. The number of phenolic OH excluding ortho intramolecular Hbond substituents is 1. The van der Waals surface area contributed by atoms with E-state index >= 15 is 0 Å². The highest BCUT2D eigenvalue weighted by Gasteiger charge is 2.23. The number of primary amides is 1. The zero-order chi connectivity index (χ0) is 23.4. The lowest BCUT2D eigenvalue weighted by atomic mass is 10.0. The molecule has 1 fully saturated rings. The van der Waals surface area contributed by atoms with Gasteiger partial charge in [-0.3, -0.25) is 14.6 Å². The van der Waals surface area contributed by atoms with Gasteiger partial charge >= 0.3 is 0 Å². The second-order valence-corrected chi connectivity index (χ2v) is 8.95. The highest BCUT2D eigenvalue weighted by molar-refractivity contribution is 5.91. The lowest BCUT2D eigenvalue weighted by Crippen LogP contribution is -2.45. The maximum Gasteiger partial charge on any atom is 0.240 e. The Morgan fingerprint density at radius 3 is 2.30 bits per heavy atom. The minimum Gasteiger partial charge on any atom is -0.508 e. The molecule has 0 unspecified atom stereocenters. The van der Waals surface area contributed by atoms with Gasteiger partial charge < -0.3 is 16.2 Å². The van der Waals surface area contributed by atoms with Crippen molar-refractivity contribution in [3.63, 3.8) is 0 Å². The summed E-state index contributed by atoms with van der Waals surface area (Å²) in [6.45, 7) is 8.89. The standard InChI is InChI=1S/C25H32N6O2/c1-17(2)23(24(26)33)29-25-19-8-4-5-9-20(19)27-22(28-25)16-31-13-11-30(12-14-31)15-18-7-3-6-10-21(18)32/h3-10,17,23,32H,11-16H2,1-2H3,(H2,26,33)(H,27,28,29)/t23-/m0/s1. The van der Waals surface area contributed by atoms with E-state index in [1.807, 2.05) is 56.3 Å². The first-order valence-electron chi connectivity index (χ1n) is 11.4. The van der Waals surface area contributed by atoms with Gasteiger partial charge in [0.25, 0.3) is 0 Å². The fraction of sp³-hybridized carbons (Fsp3) is 0.400. The first-order chi connectivity index (χ1) is 15.9. The van der Waals surface area contributed by atoms with Gasteiger partial charge in [0.2, 0.25) is 5.91 Å². The molecule has 0 radical (unpaired) electrons. The molecule has 2 aromatic carbocycles. The maximum absolute atomic E-state index is 12.0. The molecule has 1 aliphatic rings. The number of carbonyl (C=O) groups excluding carboxylic acids is 1. The molecule has 174 valence electrons. The largest absolute Gasteiger partial charge is 0.508 e. The number of benzene rings is 2. The predicted molar refractivity (Wildman–Crippen MR) is 130 cm³/mol. The number of aromatic nitrogens is 2. The molecule has 0 saturated carbocycles. The van der Waals surface area contributed by atoms with Crippen molar-refractivity contribution >= 4 is 22.6 Å². The van der Waals surface area contributed by atoms with Crippen LogP contribution in [0.5, 0.6) is 5.75 Å². The first kappa shape index (κ1) is 22.9. The third-order valence-electron chi connectivity index (χ3n) is 6.13. The van der Waals surface area contributed by atoms with Gasteiger partial charge in [-0.25, -0.2) is 9.97 Å². The number of nitrogens with two attached hydrogens (primary N) is 1. The van der Waals surface area contributed by atoms with Crippen LogP contribution in [0.25, 0.3) is 10.9 Å². The number of piperazine rings is 1. The summed E-state index contributed by atoms with van der Waals surface area (Å²) in [6, 6.07) is 14.8. The molecule has 8 heteroatoms. The van der Waals surface area contributed by atoms with E-state index in [9.17, 15) is 9.90 Å². The number of hydrogen-bond donors (Lipinski definition) is 3. The summed E-state index contributed by atoms with van der Waals surface area (Å²) in [5.74, 6) is 1.36. The number of phenols is 1. The van der Waals surface area contributed by atoms with Crippen LogP contribution in [-0.2, 0) is 17.9 Å². The molecule has 2 heterocycles. The van der Waals surface area contributed by atoms with E-state index in [2.05, 4.69) is 15.1 Å². The second kappa shape index (κ2) is 10.1. The van der Waals surface area contributed by atoms with Gasteiger partial charge in [0, 0.05) is 43.7 Å². The van der Waals surface area contributed by atoms with Crippen LogP contribution in [0, 0.1) is 5.92 Å². The summed E-state index contributed by atoms with van der Waals surface area (Å²) in [7, 11) is 0. The Bertz CT molecular complexity index is 1110. The van der Waals surface area contributed by atoms with Gasteiger partial charge in [-0.15, -0.1) is 0 Å². The molecule has 3 aromatic rings. The Balaban J connectivity index is 1.46. The van der Waals surface area contributed by atoms with Crippen molar-refractivity contribution in [2.45, 2.75) is 33.0 Å². The number of carbonyl (C=O) groups is 1. The molecule has 0 aliphatic carbocycles. The van der Waals surface area contributed by atoms with Crippen LogP contribution in [0.3, 0.4) is 0 Å². The third-order valence-corrected chi connectivity index (χ3v) is 6.13. The molecular formula is C25H32N6O2. The number of amides is 1. The van der Waals surface area contributed by atoms with Crippen LogP contribution in [-0.4, -0.2) is 63.0 Å². The molecular weight excluding hydrogens is 416 g/mol. The number of fused-ring (bicyclic) bond motifs is 1. The van der Waals surface area contributed by atoms with E-state index in [-0.39, 0.29) is 5.92 Å². The average molecular weight is 449 g/mol. The van der Waals surface area contributed by atoms with E-state index < -0.39 is 11.9 Å². The fourth-order valence-electron chi connectivity index (χ4n) is 4.21. The second-order valence-electron chi connectivity index (χ2n) is 8.95. The number of hydrogen-bond acceptors (Lipinski definition) is 7. The van der Waals surface area contributed by atoms with Crippen LogP contribution in [0.1, 0.15) is 25.2 Å². The molecule has 8 nitrogen and oxygen atoms in total. The Morgan fingerprint density at radius 2 is 1.64 bits per heavy atom. The van der Waals surface area contributed by atoms with E-state index in [1.54, 1.807) is 6.07 Å². The fourth-order valence-corrected chi connectivity index (χ4v) is 4.21. The van der Waals surface area contributed by atoms with Crippen LogP contribution in [0.2, 0.25) is 0 Å². The van der Waals surface area contributed by atoms with Crippen LogP contribution >= 0.6 is 0 Å². The number of rotatable bonds is 8. The molecule has 0 spiro atoms. The molecule has 1 amide bonds. The van der Waals surface area contributed by atoms with Crippen molar-refractivity contribution in [2.75, 3.05) is 31.5 Å². The van der Waals surface area contributed by atoms with Gasteiger partial charge in [-0.1, -0.05) is 44.2 Å². The first-order valence-corrected chi connectivity index (χ1v) is 11.4. The molecule has 1 aromatic heterocycles.